The molecule has 0 N–H and O–H groups in total. The van der Waals surface area contributed by atoms with Crippen molar-refractivity contribution in [3.8, 4) is 5.69 Å². The van der Waals surface area contributed by atoms with Crippen LogP contribution in [0.15, 0.2) is 108 Å². The highest BCUT2D eigenvalue weighted by molar-refractivity contribution is 6.30. The van der Waals surface area contributed by atoms with Gasteiger partial charge in [0.05, 0.1) is 11.0 Å². The van der Waals surface area contributed by atoms with Gasteiger partial charge < -0.3 is 8.98 Å². The molecule has 3 heteroatoms. The van der Waals surface area contributed by atoms with Gasteiger partial charge in [0.15, 0.2) is 0 Å². The average Bonchev–Trinajstić information content (AvgIpc) is 3.44. The molecule has 36 heavy (non-hydrogen) atoms. The van der Waals surface area contributed by atoms with Crippen LogP contribution in [-0.2, 0) is 5.41 Å². The van der Waals surface area contributed by atoms with E-state index < -0.39 is 0 Å². The van der Waals surface area contributed by atoms with Crippen LogP contribution >= 0.6 is 0 Å². The second-order valence-electron chi connectivity index (χ2n) is 10.2. The van der Waals surface area contributed by atoms with Crippen molar-refractivity contribution in [2.75, 3.05) is 0 Å². The van der Waals surface area contributed by atoms with Crippen LogP contribution in [0.5, 0.6) is 0 Å². The first-order valence-electron chi connectivity index (χ1n) is 12.4. The molecule has 0 radical (unpaired) electrons. The van der Waals surface area contributed by atoms with Crippen molar-refractivity contribution < 1.29 is 4.42 Å². The first-order valence-corrected chi connectivity index (χ1v) is 12.4. The summed E-state index contributed by atoms with van der Waals surface area (Å²) in [4.78, 5) is 4.30. The molecule has 1 aliphatic carbocycles. The SMILES string of the molecule is C=C1/C=C\C=C/CC(C)(C)c2c1c1c(c3ccccc3n1-c1ccncc1)c1c2oc2ccccc21. The molecule has 3 heterocycles. The molecule has 3 aromatic carbocycles. The van der Waals surface area contributed by atoms with E-state index >= 15 is 0 Å². The van der Waals surface area contributed by atoms with Gasteiger partial charge in [-0.3, -0.25) is 4.98 Å². The van der Waals surface area contributed by atoms with Gasteiger partial charge in [0.2, 0.25) is 0 Å². The summed E-state index contributed by atoms with van der Waals surface area (Å²) in [5.74, 6) is 0. The Morgan fingerprint density at radius 1 is 0.889 bits per heavy atom. The number of aromatic nitrogens is 2. The number of rotatable bonds is 1. The highest BCUT2D eigenvalue weighted by atomic mass is 16.3. The maximum absolute atomic E-state index is 6.74. The average molecular weight is 467 g/mol. The summed E-state index contributed by atoms with van der Waals surface area (Å²) in [6, 6.07) is 21.2. The Labute approximate surface area is 209 Å². The summed E-state index contributed by atoms with van der Waals surface area (Å²) >= 11 is 0. The summed E-state index contributed by atoms with van der Waals surface area (Å²) in [7, 11) is 0. The molecule has 0 fully saturated rings. The van der Waals surface area contributed by atoms with Gasteiger partial charge in [0, 0.05) is 50.8 Å². The van der Waals surface area contributed by atoms with E-state index in [0.717, 1.165) is 45.3 Å². The molecule has 6 aromatic rings. The minimum absolute atomic E-state index is 0.180. The van der Waals surface area contributed by atoms with Crippen molar-refractivity contribution in [3.05, 3.63) is 115 Å². The molecule has 0 amide bonds. The molecular weight excluding hydrogens is 440 g/mol. The number of pyridine rings is 1. The number of hydrogen-bond acceptors (Lipinski definition) is 2. The third-order valence-electron chi connectivity index (χ3n) is 7.53. The predicted molar refractivity (Wildman–Crippen MR) is 151 cm³/mol. The molecule has 0 spiro atoms. The van der Waals surface area contributed by atoms with Crippen LogP contribution < -0.4 is 0 Å². The molecule has 0 saturated heterocycles. The zero-order chi connectivity index (χ0) is 24.4. The molecule has 0 atom stereocenters. The lowest BCUT2D eigenvalue weighted by Crippen LogP contribution is -2.19. The quantitative estimate of drug-likeness (QED) is 0.242. The molecule has 174 valence electrons. The third-order valence-corrected chi connectivity index (χ3v) is 7.53. The van der Waals surface area contributed by atoms with Gasteiger partial charge >= 0.3 is 0 Å². The fourth-order valence-electron chi connectivity index (χ4n) is 5.95. The Kier molecular flexibility index (Phi) is 4.40. The largest absolute Gasteiger partial charge is 0.456 e. The Hall–Kier alpha value is -4.37. The van der Waals surface area contributed by atoms with Gasteiger partial charge in [-0.2, -0.15) is 0 Å². The van der Waals surface area contributed by atoms with E-state index in [2.05, 4.69) is 109 Å². The first kappa shape index (κ1) is 21.0. The number of furan rings is 1. The summed E-state index contributed by atoms with van der Waals surface area (Å²) in [5, 5.41) is 4.73. The number of para-hydroxylation sites is 2. The Bertz CT molecular complexity index is 1890. The van der Waals surface area contributed by atoms with Crippen LogP contribution in [0.25, 0.3) is 55.0 Å². The van der Waals surface area contributed by atoms with E-state index in [1.807, 2.05) is 18.5 Å². The maximum atomic E-state index is 6.74. The Morgan fingerprint density at radius 3 is 2.47 bits per heavy atom. The zero-order valence-electron chi connectivity index (χ0n) is 20.5. The topological polar surface area (TPSA) is 31.0 Å². The van der Waals surface area contributed by atoms with Crippen LogP contribution in [0.3, 0.4) is 0 Å². The normalized spacial score (nSPS) is 17.2. The highest BCUT2D eigenvalue weighted by Gasteiger charge is 2.33. The van der Waals surface area contributed by atoms with Crippen LogP contribution in [0.1, 0.15) is 31.4 Å². The number of fused-ring (bicyclic) bond motifs is 10. The van der Waals surface area contributed by atoms with E-state index in [4.69, 9.17) is 4.42 Å². The molecule has 7 rings (SSSR count). The van der Waals surface area contributed by atoms with Gasteiger partial charge in [-0.05, 0) is 41.7 Å². The van der Waals surface area contributed by atoms with Crippen LogP contribution in [0, 0.1) is 0 Å². The third kappa shape index (κ3) is 2.83. The Balaban J connectivity index is 1.86. The molecule has 0 bridgehead atoms. The van der Waals surface area contributed by atoms with E-state index in [-0.39, 0.29) is 5.41 Å². The molecule has 0 unspecified atom stereocenters. The smallest absolute Gasteiger partial charge is 0.140 e. The number of benzene rings is 3. The van der Waals surface area contributed by atoms with E-state index in [1.165, 1.54) is 27.2 Å². The molecule has 3 aromatic heterocycles. The molecule has 1 aliphatic rings. The minimum Gasteiger partial charge on any atom is -0.456 e. The second-order valence-corrected chi connectivity index (χ2v) is 10.2. The minimum atomic E-state index is -0.180. The van der Waals surface area contributed by atoms with Crippen molar-refractivity contribution in [1.29, 1.82) is 0 Å². The van der Waals surface area contributed by atoms with Crippen LogP contribution in [0.4, 0.5) is 0 Å². The molecule has 3 nitrogen and oxygen atoms in total. The lowest BCUT2D eigenvalue weighted by atomic mass is 9.76. The van der Waals surface area contributed by atoms with E-state index in [9.17, 15) is 0 Å². The van der Waals surface area contributed by atoms with Crippen molar-refractivity contribution in [3.63, 3.8) is 0 Å². The summed E-state index contributed by atoms with van der Waals surface area (Å²) in [6.07, 6.45) is 13.2. The van der Waals surface area contributed by atoms with Gasteiger partial charge in [-0.1, -0.05) is 81.1 Å². The van der Waals surface area contributed by atoms with Gasteiger partial charge in [-0.15, -0.1) is 0 Å². The zero-order valence-corrected chi connectivity index (χ0v) is 20.5. The summed E-state index contributed by atoms with van der Waals surface area (Å²) < 4.78 is 9.12. The summed E-state index contributed by atoms with van der Waals surface area (Å²) in [5.41, 5.74) is 8.44. The fraction of sp³-hybridized carbons (Fsp3) is 0.121. The van der Waals surface area contributed by atoms with Gasteiger partial charge in [0.25, 0.3) is 0 Å². The highest BCUT2D eigenvalue weighted by Crippen LogP contribution is 2.50. The second kappa shape index (κ2) is 7.56. The lowest BCUT2D eigenvalue weighted by Gasteiger charge is -2.28. The van der Waals surface area contributed by atoms with Gasteiger partial charge in [-0.25, -0.2) is 0 Å². The van der Waals surface area contributed by atoms with Gasteiger partial charge in [0.1, 0.15) is 11.2 Å². The number of nitrogens with zero attached hydrogens (tertiary/aromatic N) is 2. The van der Waals surface area contributed by atoms with Crippen LogP contribution in [0.2, 0.25) is 0 Å². The first-order chi connectivity index (χ1) is 17.6. The molecule has 0 aliphatic heterocycles. The molecule has 0 saturated carbocycles. The van der Waals surface area contributed by atoms with Crippen molar-refractivity contribution in [1.82, 2.24) is 9.55 Å². The lowest BCUT2D eigenvalue weighted by molar-refractivity contribution is 0.525. The monoisotopic (exact) mass is 466 g/mol. The van der Waals surface area contributed by atoms with Crippen molar-refractivity contribution in [2.24, 2.45) is 0 Å². The molecular formula is C33H26N2O. The van der Waals surface area contributed by atoms with Crippen molar-refractivity contribution in [2.45, 2.75) is 25.7 Å². The maximum Gasteiger partial charge on any atom is 0.140 e. The standard InChI is InChI=1S/C33H26N2O/c1-21-11-5-4-10-18-33(2,3)30-27(21)31-28(29-24-13-7-9-15-26(24)36-32(29)30)23-12-6-8-14-25(23)35(31)22-16-19-34-20-17-22/h4-17,19-20H,1,18H2,2-3H3/b10-4-,11-5-. The van der Waals surface area contributed by atoms with E-state index in [1.54, 1.807) is 0 Å². The fourth-order valence-corrected chi connectivity index (χ4v) is 5.95. The number of hydrogen-bond donors (Lipinski definition) is 0. The number of allylic oxidation sites excluding steroid dienone is 5. The van der Waals surface area contributed by atoms with E-state index in [0.29, 0.717) is 0 Å². The van der Waals surface area contributed by atoms with Crippen molar-refractivity contribution >= 4 is 49.3 Å². The summed E-state index contributed by atoms with van der Waals surface area (Å²) in [6.45, 7) is 9.22. The predicted octanol–water partition coefficient (Wildman–Crippen LogP) is 8.88. The Morgan fingerprint density at radius 2 is 1.64 bits per heavy atom. The van der Waals surface area contributed by atoms with Crippen LogP contribution in [-0.4, -0.2) is 9.55 Å².